The Labute approximate surface area is 125 Å². The van der Waals surface area contributed by atoms with E-state index in [9.17, 15) is 9.18 Å². The SMILES string of the molecule is O=C(Nc1cnc2ccccc2c1)c1c(F)cccc1Cl. The van der Waals surface area contributed by atoms with Crippen LogP contribution < -0.4 is 5.32 Å². The molecule has 1 aromatic heterocycles. The van der Waals surface area contributed by atoms with Crippen LogP contribution in [0, 0.1) is 5.82 Å². The highest BCUT2D eigenvalue weighted by atomic mass is 35.5. The van der Waals surface area contributed by atoms with Crippen molar-refractivity contribution in [3.05, 3.63) is 71.1 Å². The second kappa shape index (κ2) is 5.50. The molecule has 0 radical (unpaired) electrons. The van der Waals surface area contributed by atoms with E-state index in [1.165, 1.54) is 24.4 Å². The third-order valence-corrected chi connectivity index (χ3v) is 3.35. The molecular weight excluding hydrogens is 291 g/mol. The molecule has 0 spiro atoms. The molecule has 0 aliphatic carbocycles. The van der Waals surface area contributed by atoms with Gasteiger partial charge in [0, 0.05) is 5.39 Å². The first kappa shape index (κ1) is 13.5. The van der Waals surface area contributed by atoms with Gasteiger partial charge in [0.25, 0.3) is 5.91 Å². The van der Waals surface area contributed by atoms with Crippen LogP contribution in [0.5, 0.6) is 0 Å². The van der Waals surface area contributed by atoms with Crippen molar-refractivity contribution in [1.82, 2.24) is 4.98 Å². The fourth-order valence-electron chi connectivity index (χ4n) is 2.05. The van der Waals surface area contributed by atoms with Crippen LogP contribution in [-0.4, -0.2) is 10.9 Å². The highest BCUT2D eigenvalue weighted by molar-refractivity contribution is 6.34. The molecule has 0 aliphatic heterocycles. The topological polar surface area (TPSA) is 42.0 Å². The fourth-order valence-corrected chi connectivity index (χ4v) is 2.30. The molecule has 1 heterocycles. The Kier molecular flexibility index (Phi) is 3.54. The minimum Gasteiger partial charge on any atom is -0.320 e. The number of fused-ring (bicyclic) bond motifs is 1. The van der Waals surface area contributed by atoms with Crippen molar-refractivity contribution in [3.8, 4) is 0 Å². The average Bonchev–Trinajstić information content (AvgIpc) is 2.47. The molecule has 0 saturated carbocycles. The van der Waals surface area contributed by atoms with E-state index in [0.29, 0.717) is 5.69 Å². The summed E-state index contributed by atoms with van der Waals surface area (Å²) in [5, 5.41) is 3.56. The first-order valence-corrected chi connectivity index (χ1v) is 6.63. The quantitative estimate of drug-likeness (QED) is 0.767. The normalized spacial score (nSPS) is 10.6. The van der Waals surface area contributed by atoms with Gasteiger partial charge in [0.2, 0.25) is 0 Å². The van der Waals surface area contributed by atoms with Gasteiger partial charge in [0.15, 0.2) is 0 Å². The molecular formula is C16H10ClFN2O. The lowest BCUT2D eigenvalue weighted by Crippen LogP contribution is -2.14. The Bertz CT molecular complexity index is 815. The first-order chi connectivity index (χ1) is 10.1. The van der Waals surface area contributed by atoms with Gasteiger partial charge in [-0.3, -0.25) is 9.78 Å². The fraction of sp³-hybridized carbons (Fsp3) is 0. The highest BCUT2D eigenvalue weighted by Crippen LogP contribution is 2.21. The molecule has 104 valence electrons. The van der Waals surface area contributed by atoms with E-state index in [1.807, 2.05) is 24.3 Å². The average molecular weight is 301 g/mol. The van der Waals surface area contributed by atoms with Crippen LogP contribution in [-0.2, 0) is 0 Å². The molecule has 0 unspecified atom stereocenters. The van der Waals surface area contributed by atoms with Gasteiger partial charge in [0.1, 0.15) is 5.82 Å². The molecule has 3 aromatic rings. The zero-order valence-electron chi connectivity index (χ0n) is 10.8. The monoisotopic (exact) mass is 300 g/mol. The lowest BCUT2D eigenvalue weighted by Gasteiger charge is -2.08. The molecule has 0 saturated heterocycles. The summed E-state index contributed by atoms with van der Waals surface area (Å²) >= 11 is 5.87. The molecule has 0 atom stereocenters. The van der Waals surface area contributed by atoms with E-state index in [-0.39, 0.29) is 10.6 Å². The standard InChI is InChI=1S/C16H10ClFN2O/c17-12-5-3-6-13(18)15(12)16(21)20-11-8-10-4-1-2-7-14(10)19-9-11/h1-9H,(H,20,21). The minimum atomic E-state index is -0.659. The Morgan fingerprint density at radius 2 is 1.95 bits per heavy atom. The molecule has 1 N–H and O–H groups in total. The Morgan fingerprint density at radius 3 is 2.76 bits per heavy atom. The van der Waals surface area contributed by atoms with Gasteiger partial charge >= 0.3 is 0 Å². The lowest BCUT2D eigenvalue weighted by atomic mass is 10.2. The minimum absolute atomic E-state index is 0.0706. The predicted molar refractivity (Wildman–Crippen MR) is 81.1 cm³/mol. The smallest absolute Gasteiger partial charge is 0.260 e. The van der Waals surface area contributed by atoms with Crippen molar-refractivity contribution in [2.75, 3.05) is 5.32 Å². The molecule has 21 heavy (non-hydrogen) atoms. The van der Waals surface area contributed by atoms with Gasteiger partial charge in [-0.15, -0.1) is 0 Å². The summed E-state index contributed by atoms with van der Waals surface area (Å²) < 4.78 is 13.7. The number of hydrogen-bond acceptors (Lipinski definition) is 2. The number of para-hydroxylation sites is 1. The molecule has 3 rings (SSSR count). The third kappa shape index (κ3) is 2.71. The number of aromatic nitrogens is 1. The van der Waals surface area contributed by atoms with Crippen LogP contribution in [0.15, 0.2) is 54.7 Å². The van der Waals surface area contributed by atoms with Crippen LogP contribution >= 0.6 is 11.6 Å². The second-order valence-corrected chi connectivity index (χ2v) is 4.87. The van der Waals surface area contributed by atoms with Crippen molar-refractivity contribution in [2.45, 2.75) is 0 Å². The van der Waals surface area contributed by atoms with Gasteiger partial charge in [0.05, 0.1) is 28.0 Å². The number of pyridine rings is 1. The molecule has 1 amide bonds. The van der Waals surface area contributed by atoms with E-state index in [0.717, 1.165) is 10.9 Å². The summed E-state index contributed by atoms with van der Waals surface area (Å²) in [4.78, 5) is 16.4. The number of rotatable bonds is 2. The van der Waals surface area contributed by atoms with Crippen molar-refractivity contribution >= 4 is 34.1 Å². The first-order valence-electron chi connectivity index (χ1n) is 6.25. The number of hydrogen-bond donors (Lipinski definition) is 1. The van der Waals surface area contributed by atoms with Crippen LogP contribution in [0.2, 0.25) is 5.02 Å². The van der Waals surface area contributed by atoms with Crippen molar-refractivity contribution < 1.29 is 9.18 Å². The van der Waals surface area contributed by atoms with Crippen LogP contribution in [0.3, 0.4) is 0 Å². The highest BCUT2D eigenvalue weighted by Gasteiger charge is 2.16. The summed E-state index contributed by atoms with van der Waals surface area (Å²) in [7, 11) is 0. The summed E-state index contributed by atoms with van der Waals surface area (Å²) in [6.45, 7) is 0. The van der Waals surface area contributed by atoms with Gasteiger partial charge in [-0.05, 0) is 24.3 Å². The van der Waals surface area contributed by atoms with E-state index in [2.05, 4.69) is 10.3 Å². The van der Waals surface area contributed by atoms with Crippen LogP contribution in [0.4, 0.5) is 10.1 Å². The Morgan fingerprint density at radius 1 is 1.14 bits per heavy atom. The van der Waals surface area contributed by atoms with Crippen LogP contribution in [0.1, 0.15) is 10.4 Å². The van der Waals surface area contributed by atoms with Crippen molar-refractivity contribution in [1.29, 1.82) is 0 Å². The van der Waals surface area contributed by atoms with Gasteiger partial charge < -0.3 is 5.32 Å². The summed E-state index contributed by atoms with van der Waals surface area (Å²) in [5.41, 5.74) is 1.13. The van der Waals surface area contributed by atoms with E-state index >= 15 is 0 Å². The molecule has 5 heteroatoms. The maximum Gasteiger partial charge on any atom is 0.260 e. The molecule has 2 aromatic carbocycles. The number of carbonyl (C=O) groups excluding carboxylic acids is 1. The van der Waals surface area contributed by atoms with E-state index in [4.69, 9.17) is 11.6 Å². The third-order valence-electron chi connectivity index (χ3n) is 3.04. The maximum absolute atomic E-state index is 13.7. The number of amides is 1. The molecule has 3 nitrogen and oxygen atoms in total. The van der Waals surface area contributed by atoms with Crippen molar-refractivity contribution in [2.24, 2.45) is 0 Å². The van der Waals surface area contributed by atoms with Gasteiger partial charge in [-0.25, -0.2) is 4.39 Å². The summed E-state index contributed by atoms with van der Waals surface area (Å²) in [5.74, 6) is -1.26. The number of carbonyl (C=O) groups is 1. The summed E-state index contributed by atoms with van der Waals surface area (Å²) in [6, 6.07) is 13.4. The van der Waals surface area contributed by atoms with Gasteiger partial charge in [-0.1, -0.05) is 35.9 Å². The van der Waals surface area contributed by atoms with E-state index in [1.54, 1.807) is 6.07 Å². The number of nitrogens with zero attached hydrogens (tertiary/aromatic N) is 1. The maximum atomic E-state index is 13.7. The number of anilines is 1. The molecule has 0 fully saturated rings. The Hall–Kier alpha value is -2.46. The molecule has 0 aliphatic rings. The summed E-state index contributed by atoms with van der Waals surface area (Å²) in [6.07, 6.45) is 1.52. The van der Waals surface area contributed by atoms with Gasteiger partial charge in [-0.2, -0.15) is 0 Å². The van der Waals surface area contributed by atoms with Crippen LogP contribution in [0.25, 0.3) is 10.9 Å². The largest absolute Gasteiger partial charge is 0.320 e. The predicted octanol–water partition coefficient (Wildman–Crippen LogP) is 4.28. The zero-order valence-corrected chi connectivity index (χ0v) is 11.6. The van der Waals surface area contributed by atoms with Crippen molar-refractivity contribution in [3.63, 3.8) is 0 Å². The number of nitrogens with one attached hydrogen (secondary N) is 1. The molecule has 0 bridgehead atoms. The number of halogens is 2. The Balaban J connectivity index is 1.93. The zero-order chi connectivity index (χ0) is 14.8. The number of benzene rings is 2. The lowest BCUT2D eigenvalue weighted by molar-refractivity contribution is 0.102. The second-order valence-electron chi connectivity index (χ2n) is 4.47. The van der Waals surface area contributed by atoms with E-state index < -0.39 is 11.7 Å².